The molecule has 2 aliphatic heterocycles. The second kappa shape index (κ2) is 10.0. The summed E-state index contributed by atoms with van der Waals surface area (Å²) in [5, 5.41) is 12.1. The van der Waals surface area contributed by atoms with Crippen LogP contribution in [0.2, 0.25) is 0 Å². The van der Waals surface area contributed by atoms with Crippen molar-refractivity contribution in [3.05, 3.63) is 42.0 Å². The highest BCUT2D eigenvalue weighted by atomic mass is 16.1. The summed E-state index contributed by atoms with van der Waals surface area (Å²) in [4.78, 5) is 17.4. The molecule has 4 rings (SSSR count). The number of benzene rings is 1. The Hall–Kier alpha value is -2.47. The van der Waals surface area contributed by atoms with E-state index in [1.54, 1.807) is 0 Å². The van der Waals surface area contributed by atoms with Gasteiger partial charge < -0.3 is 15.1 Å². The number of aryl methyl sites for hydroxylation is 1. The van der Waals surface area contributed by atoms with Crippen molar-refractivity contribution in [3.8, 4) is 11.3 Å². The fourth-order valence-corrected chi connectivity index (χ4v) is 4.56. The number of nitrogens with one attached hydrogen (secondary N) is 1. The standard InChI is InChI=1S/C24H33N5O/c1-19-8-2-3-10-21(19)22-11-12-23(27-26-22)29-17-6-9-20(18-29)24(30)25-13-7-16-28-14-4-5-15-28/h2-3,8,10-12,20H,4-7,9,13-18H2,1H3,(H,25,30). The highest BCUT2D eigenvalue weighted by Crippen LogP contribution is 2.25. The predicted octanol–water partition coefficient (Wildman–Crippen LogP) is 3.27. The van der Waals surface area contributed by atoms with Gasteiger partial charge in [-0.3, -0.25) is 4.79 Å². The van der Waals surface area contributed by atoms with Crippen molar-refractivity contribution in [2.75, 3.05) is 44.2 Å². The fourth-order valence-electron chi connectivity index (χ4n) is 4.56. The van der Waals surface area contributed by atoms with Crippen LogP contribution in [0.1, 0.15) is 37.7 Å². The molecule has 3 heterocycles. The number of carbonyl (C=O) groups is 1. The summed E-state index contributed by atoms with van der Waals surface area (Å²) in [6, 6.07) is 12.3. The van der Waals surface area contributed by atoms with Gasteiger partial charge in [0.25, 0.3) is 0 Å². The van der Waals surface area contributed by atoms with Crippen molar-refractivity contribution < 1.29 is 4.79 Å². The maximum Gasteiger partial charge on any atom is 0.224 e. The van der Waals surface area contributed by atoms with Gasteiger partial charge in [0.2, 0.25) is 5.91 Å². The van der Waals surface area contributed by atoms with Crippen molar-refractivity contribution in [1.29, 1.82) is 0 Å². The van der Waals surface area contributed by atoms with E-state index in [9.17, 15) is 4.79 Å². The van der Waals surface area contributed by atoms with Crippen molar-refractivity contribution >= 4 is 11.7 Å². The number of carbonyl (C=O) groups excluding carboxylic acids is 1. The first-order chi connectivity index (χ1) is 14.7. The fraction of sp³-hybridized carbons (Fsp3) is 0.542. The average Bonchev–Trinajstić information content (AvgIpc) is 3.31. The molecule has 1 atom stereocenters. The Kier molecular flexibility index (Phi) is 6.95. The van der Waals surface area contributed by atoms with Gasteiger partial charge in [-0.05, 0) is 76.4 Å². The number of amides is 1. The van der Waals surface area contributed by atoms with E-state index < -0.39 is 0 Å². The van der Waals surface area contributed by atoms with Crippen LogP contribution >= 0.6 is 0 Å². The van der Waals surface area contributed by atoms with Gasteiger partial charge in [-0.15, -0.1) is 10.2 Å². The smallest absolute Gasteiger partial charge is 0.224 e. The number of anilines is 1. The zero-order valence-corrected chi connectivity index (χ0v) is 18.0. The molecule has 0 spiro atoms. The summed E-state index contributed by atoms with van der Waals surface area (Å²) in [7, 11) is 0. The van der Waals surface area contributed by atoms with Crippen LogP contribution in [-0.4, -0.2) is 60.3 Å². The Morgan fingerprint density at radius 3 is 2.67 bits per heavy atom. The largest absolute Gasteiger partial charge is 0.356 e. The Morgan fingerprint density at radius 1 is 1.07 bits per heavy atom. The van der Waals surface area contributed by atoms with Crippen LogP contribution in [0.15, 0.2) is 36.4 Å². The Balaban J connectivity index is 1.29. The van der Waals surface area contributed by atoms with Gasteiger partial charge in [0, 0.05) is 25.2 Å². The van der Waals surface area contributed by atoms with E-state index in [0.717, 1.165) is 62.5 Å². The van der Waals surface area contributed by atoms with Crippen LogP contribution in [-0.2, 0) is 4.79 Å². The summed E-state index contributed by atoms with van der Waals surface area (Å²) in [6.07, 6.45) is 5.63. The molecule has 2 saturated heterocycles. The minimum atomic E-state index is 0.0309. The Labute approximate surface area is 179 Å². The molecule has 1 aromatic carbocycles. The molecule has 160 valence electrons. The van der Waals surface area contributed by atoms with E-state index in [1.165, 1.54) is 31.5 Å². The second-order valence-corrected chi connectivity index (χ2v) is 8.57. The van der Waals surface area contributed by atoms with Gasteiger partial charge in [-0.25, -0.2) is 0 Å². The van der Waals surface area contributed by atoms with Gasteiger partial charge >= 0.3 is 0 Å². The van der Waals surface area contributed by atoms with E-state index in [2.05, 4.69) is 44.4 Å². The van der Waals surface area contributed by atoms with Crippen molar-refractivity contribution in [1.82, 2.24) is 20.4 Å². The lowest BCUT2D eigenvalue weighted by molar-refractivity contribution is -0.125. The third kappa shape index (κ3) is 5.17. The van der Waals surface area contributed by atoms with Crippen LogP contribution in [0.25, 0.3) is 11.3 Å². The number of hydrogen-bond acceptors (Lipinski definition) is 5. The number of nitrogens with zero attached hydrogens (tertiary/aromatic N) is 4. The Bertz CT molecular complexity index is 832. The maximum absolute atomic E-state index is 12.7. The SMILES string of the molecule is Cc1ccccc1-c1ccc(N2CCCC(C(=O)NCCCN3CCCC3)C2)nn1. The van der Waals surface area contributed by atoms with Crippen LogP contribution in [0.3, 0.4) is 0 Å². The average molecular weight is 408 g/mol. The van der Waals surface area contributed by atoms with Gasteiger partial charge in [0.15, 0.2) is 5.82 Å². The zero-order valence-electron chi connectivity index (χ0n) is 18.0. The molecule has 2 fully saturated rings. The van der Waals surface area contributed by atoms with Crippen molar-refractivity contribution in [2.45, 2.75) is 39.0 Å². The first-order valence-electron chi connectivity index (χ1n) is 11.4. The van der Waals surface area contributed by atoms with Crippen LogP contribution in [0.5, 0.6) is 0 Å². The third-order valence-electron chi connectivity index (χ3n) is 6.34. The molecule has 1 unspecified atom stereocenters. The molecular weight excluding hydrogens is 374 g/mol. The highest BCUT2D eigenvalue weighted by molar-refractivity contribution is 5.79. The second-order valence-electron chi connectivity index (χ2n) is 8.57. The predicted molar refractivity (Wildman–Crippen MR) is 120 cm³/mol. The van der Waals surface area contributed by atoms with E-state index in [0.29, 0.717) is 0 Å². The molecule has 30 heavy (non-hydrogen) atoms. The molecule has 1 amide bonds. The Morgan fingerprint density at radius 2 is 1.90 bits per heavy atom. The maximum atomic E-state index is 12.7. The molecule has 6 heteroatoms. The third-order valence-corrected chi connectivity index (χ3v) is 6.34. The molecule has 2 aliphatic rings. The van der Waals surface area contributed by atoms with Crippen LogP contribution in [0.4, 0.5) is 5.82 Å². The summed E-state index contributed by atoms with van der Waals surface area (Å²) in [6.45, 7) is 8.04. The lowest BCUT2D eigenvalue weighted by atomic mass is 9.97. The number of hydrogen-bond donors (Lipinski definition) is 1. The summed E-state index contributed by atoms with van der Waals surface area (Å²) in [5.41, 5.74) is 3.20. The quantitative estimate of drug-likeness (QED) is 0.714. The van der Waals surface area contributed by atoms with E-state index in [4.69, 9.17) is 0 Å². The van der Waals surface area contributed by atoms with Gasteiger partial charge in [0.05, 0.1) is 11.6 Å². The van der Waals surface area contributed by atoms with Gasteiger partial charge in [0.1, 0.15) is 0 Å². The van der Waals surface area contributed by atoms with Gasteiger partial charge in [-0.2, -0.15) is 0 Å². The topological polar surface area (TPSA) is 61.4 Å². The molecule has 0 saturated carbocycles. The minimum Gasteiger partial charge on any atom is -0.356 e. The molecule has 0 bridgehead atoms. The number of aromatic nitrogens is 2. The van der Waals surface area contributed by atoms with Crippen LogP contribution < -0.4 is 10.2 Å². The van der Waals surface area contributed by atoms with Crippen molar-refractivity contribution in [2.24, 2.45) is 5.92 Å². The molecular formula is C24H33N5O. The van der Waals surface area contributed by atoms with Gasteiger partial charge in [-0.1, -0.05) is 24.3 Å². The summed E-state index contributed by atoms with van der Waals surface area (Å²) < 4.78 is 0. The first kappa shape index (κ1) is 20.8. The molecule has 0 aliphatic carbocycles. The van der Waals surface area contributed by atoms with E-state index in [-0.39, 0.29) is 11.8 Å². The van der Waals surface area contributed by atoms with E-state index in [1.807, 2.05) is 24.3 Å². The number of likely N-dealkylation sites (tertiary alicyclic amines) is 1. The minimum absolute atomic E-state index is 0.0309. The highest BCUT2D eigenvalue weighted by Gasteiger charge is 2.26. The number of piperidine rings is 1. The lowest BCUT2D eigenvalue weighted by Gasteiger charge is -2.32. The monoisotopic (exact) mass is 407 g/mol. The number of rotatable bonds is 7. The normalized spacial score (nSPS) is 19.8. The zero-order chi connectivity index (χ0) is 20.8. The molecule has 1 N–H and O–H groups in total. The molecule has 1 aromatic heterocycles. The molecule has 0 radical (unpaired) electrons. The first-order valence-corrected chi connectivity index (χ1v) is 11.4. The molecule has 2 aromatic rings. The summed E-state index contributed by atoms with van der Waals surface area (Å²) >= 11 is 0. The molecule has 6 nitrogen and oxygen atoms in total. The lowest BCUT2D eigenvalue weighted by Crippen LogP contribution is -2.44. The summed E-state index contributed by atoms with van der Waals surface area (Å²) in [5.74, 6) is 1.08. The van der Waals surface area contributed by atoms with E-state index >= 15 is 0 Å². The van der Waals surface area contributed by atoms with Crippen LogP contribution in [0, 0.1) is 12.8 Å². The van der Waals surface area contributed by atoms with Crippen molar-refractivity contribution in [3.63, 3.8) is 0 Å².